The summed E-state index contributed by atoms with van der Waals surface area (Å²) in [5.74, 6) is 0.613. The second-order valence-corrected chi connectivity index (χ2v) is 6.84. The van der Waals surface area contributed by atoms with E-state index in [9.17, 15) is 9.59 Å². The van der Waals surface area contributed by atoms with E-state index < -0.39 is 6.04 Å². The molecule has 0 unspecified atom stereocenters. The lowest BCUT2D eigenvalue weighted by Crippen LogP contribution is -2.50. The SMILES string of the molecule is O=C1NCCCC[C@H]1NC(=O)N(Cc1ccco1)Cc1cccs1. The van der Waals surface area contributed by atoms with Crippen LogP contribution in [0.3, 0.4) is 0 Å². The van der Waals surface area contributed by atoms with E-state index in [0.29, 0.717) is 31.8 Å². The highest BCUT2D eigenvalue weighted by molar-refractivity contribution is 7.09. The molecular formula is C17H21N3O3S. The third-order valence-corrected chi connectivity index (χ3v) is 4.83. The lowest BCUT2D eigenvalue weighted by molar-refractivity contribution is -0.122. The highest BCUT2D eigenvalue weighted by Gasteiger charge is 2.25. The van der Waals surface area contributed by atoms with Crippen molar-refractivity contribution in [2.45, 2.75) is 38.4 Å². The molecule has 0 aliphatic carbocycles. The first kappa shape index (κ1) is 16.6. The number of carbonyl (C=O) groups is 2. The number of furan rings is 1. The molecule has 3 heterocycles. The Labute approximate surface area is 144 Å². The molecule has 0 saturated carbocycles. The van der Waals surface area contributed by atoms with Crippen molar-refractivity contribution in [2.75, 3.05) is 6.54 Å². The van der Waals surface area contributed by atoms with Gasteiger partial charge in [0.25, 0.3) is 0 Å². The molecule has 6 nitrogen and oxygen atoms in total. The summed E-state index contributed by atoms with van der Waals surface area (Å²) < 4.78 is 5.37. The van der Waals surface area contributed by atoms with E-state index in [2.05, 4.69) is 10.6 Å². The molecule has 128 valence electrons. The molecule has 7 heteroatoms. The van der Waals surface area contributed by atoms with Crippen LogP contribution in [0.15, 0.2) is 40.3 Å². The van der Waals surface area contributed by atoms with E-state index in [-0.39, 0.29) is 11.9 Å². The molecule has 2 aromatic rings. The zero-order chi connectivity index (χ0) is 16.8. The maximum atomic E-state index is 12.7. The third-order valence-electron chi connectivity index (χ3n) is 3.97. The van der Waals surface area contributed by atoms with Crippen LogP contribution in [-0.4, -0.2) is 29.4 Å². The lowest BCUT2D eigenvalue weighted by Gasteiger charge is -2.24. The van der Waals surface area contributed by atoms with Crippen LogP contribution in [0.2, 0.25) is 0 Å². The minimum atomic E-state index is -0.470. The molecule has 0 radical (unpaired) electrons. The first-order valence-corrected chi connectivity index (χ1v) is 8.98. The molecule has 1 aliphatic rings. The van der Waals surface area contributed by atoms with Gasteiger partial charge in [-0.25, -0.2) is 4.79 Å². The number of nitrogens with zero attached hydrogens (tertiary/aromatic N) is 1. The van der Waals surface area contributed by atoms with Gasteiger partial charge in [-0.3, -0.25) is 4.79 Å². The summed E-state index contributed by atoms with van der Waals surface area (Å²) in [7, 11) is 0. The number of carbonyl (C=O) groups excluding carboxylic acids is 2. The second kappa shape index (κ2) is 8.01. The van der Waals surface area contributed by atoms with E-state index in [0.717, 1.165) is 17.7 Å². The molecule has 1 atom stereocenters. The Balaban J connectivity index is 1.68. The Morgan fingerprint density at radius 1 is 1.33 bits per heavy atom. The van der Waals surface area contributed by atoms with Crippen LogP contribution in [-0.2, 0) is 17.9 Å². The molecule has 0 aromatic carbocycles. The summed E-state index contributed by atoms with van der Waals surface area (Å²) in [6, 6.07) is 6.87. The standard InChI is InChI=1S/C17H21N3O3S/c21-16-15(7-1-2-8-18-16)19-17(22)20(11-13-5-3-9-23-13)12-14-6-4-10-24-14/h3-6,9-10,15H,1-2,7-8,11-12H2,(H,18,21)(H,19,22)/t15-/m1/s1. The Kier molecular flexibility index (Phi) is 5.53. The first-order chi connectivity index (χ1) is 11.7. The Morgan fingerprint density at radius 2 is 2.25 bits per heavy atom. The van der Waals surface area contributed by atoms with Gasteiger partial charge in [0.2, 0.25) is 5.91 Å². The van der Waals surface area contributed by atoms with E-state index in [1.807, 2.05) is 23.6 Å². The van der Waals surface area contributed by atoms with Crippen molar-refractivity contribution in [3.8, 4) is 0 Å². The zero-order valence-electron chi connectivity index (χ0n) is 13.4. The van der Waals surface area contributed by atoms with Gasteiger partial charge in [-0.2, -0.15) is 0 Å². The second-order valence-electron chi connectivity index (χ2n) is 5.80. The molecule has 1 fully saturated rings. The fourth-order valence-electron chi connectivity index (χ4n) is 2.70. The van der Waals surface area contributed by atoms with Crippen molar-refractivity contribution >= 4 is 23.3 Å². The maximum absolute atomic E-state index is 12.7. The zero-order valence-corrected chi connectivity index (χ0v) is 14.2. The number of amides is 3. The van der Waals surface area contributed by atoms with Gasteiger partial charge in [0.15, 0.2) is 0 Å². The van der Waals surface area contributed by atoms with Crippen LogP contribution in [0.4, 0.5) is 4.79 Å². The van der Waals surface area contributed by atoms with Gasteiger partial charge in [-0.1, -0.05) is 6.07 Å². The average molecular weight is 347 g/mol. The van der Waals surface area contributed by atoms with E-state index >= 15 is 0 Å². The number of hydrogen-bond donors (Lipinski definition) is 2. The highest BCUT2D eigenvalue weighted by atomic mass is 32.1. The molecule has 1 aliphatic heterocycles. The Morgan fingerprint density at radius 3 is 3.00 bits per heavy atom. The summed E-state index contributed by atoms with van der Waals surface area (Å²) in [4.78, 5) is 27.5. The predicted molar refractivity (Wildman–Crippen MR) is 91.5 cm³/mol. The number of rotatable bonds is 5. The summed E-state index contributed by atoms with van der Waals surface area (Å²) in [5, 5.41) is 7.70. The van der Waals surface area contributed by atoms with Crippen LogP contribution in [0.25, 0.3) is 0 Å². The van der Waals surface area contributed by atoms with Crippen molar-refractivity contribution in [1.29, 1.82) is 0 Å². The molecule has 0 bridgehead atoms. The highest BCUT2D eigenvalue weighted by Crippen LogP contribution is 2.16. The molecule has 1 saturated heterocycles. The van der Waals surface area contributed by atoms with Crippen LogP contribution in [0.5, 0.6) is 0 Å². The average Bonchev–Trinajstić information content (AvgIpc) is 3.23. The molecule has 24 heavy (non-hydrogen) atoms. The first-order valence-electron chi connectivity index (χ1n) is 8.10. The monoisotopic (exact) mass is 347 g/mol. The fraction of sp³-hybridized carbons (Fsp3) is 0.412. The van der Waals surface area contributed by atoms with E-state index in [1.165, 1.54) is 0 Å². The van der Waals surface area contributed by atoms with E-state index in [4.69, 9.17) is 4.42 Å². The molecule has 0 spiro atoms. The molecule has 3 amide bonds. The largest absolute Gasteiger partial charge is 0.467 e. The molecule has 2 aromatic heterocycles. The number of thiophene rings is 1. The van der Waals surface area contributed by atoms with Crippen molar-refractivity contribution < 1.29 is 14.0 Å². The maximum Gasteiger partial charge on any atom is 0.318 e. The smallest absolute Gasteiger partial charge is 0.318 e. The van der Waals surface area contributed by atoms with Crippen molar-refractivity contribution in [1.82, 2.24) is 15.5 Å². The molecular weight excluding hydrogens is 326 g/mol. The van der Waals surface area contributed by atoms with Crippen LogP contribution >= 0.6 is 11.3 Å². The predicted octanol–water partition coefficient (Wildman–Crippen LogP) is 2.72. The van der Waals surface area contributed by atoms with Gasteiger partial charge in [0, 0.05) is 11.4 Å². The van der Waals surface area contributed by atoms with Gasteiger partial charge >= 0.3 is 6.03 Å². The minimum absolute atomic E-state index is 0.102. The van der Waals surface area contributed by atoms with Crippen LogP contribution in [0.1, 0.15) is 29.9 Å². The van der Waals surface area contributed by atoms with Crippen molar-refractivity contribution in [3.63, 3.8) is 0 Å². The number of hydrogen-bond acceptors (Lipinski definition) is 4. The summed E-state index contributed by atoms with van der Waals surface area (Å²) in [6.07, 6.45) is 4.14. The Bertz CT molecular complexity index is 618. The van der Waals surface area contributed by atoms with Gasteiger partial charge < -0.3 is 20.0 Å². The van der Waals surface area contributed by atoms with E-state index in [1.54, 1.807) is 28.6 Å². The summed E-state index contributed by atoms with van der Waals surface area (Å²) >= 11 is 1.60. The van der Waals surface area contributed by atoms with Crippen LogP contribution in [0, 0.1) is 0 Å². The quantitative estimate of drug-likeness (QED) is 0.873. The third kappa shape index (κ3) is 4.38. The fourth-order valence-corrected chi connectivity index (χ4v) is 3.42. The molecule has 3 rings (SSSR count). The van der Waals surface area contributed by atoms with Gasteiger partial charge in [0.05, 0.1) is 19.4 Å². The molecule has 2 N–H and O–H groups in total. The number of urea groups is 1. The van der Waals surface area contributed by atoms with Gasteiger partial charge in [0.1, 0.15) is 11.8 Å². The van der Waals surface area contributed by atoms with Gasteiger partial charge in [-0.05, 0) is 42.8 Å². The number of nitrogens with one attached hydrogen (secondary N) is 2. The normalized spacial score (nSPS) is 17.8. The summed E-state index contributed by atoms with van der Waals surface area (Å²) in [6.45, 7) is 1.53. The van der Waals surface area contributed by atoms with Crippen molar-refractivity contribution in [2.24, 2.45) is 0 Å². The van der Waals surface area contributed by atoms with Gasteiger partial charge in [-0.15, -0.1) is 11.3 Å². The minimum Gasteiger partial charge on any atom is -0.467 e. The van der Waals surface area contributed by atoms with Crippen LogP contribution < -0.4 is 10.6 Å². The lowest BCUT2D eigenvalue weighted by atomic mass is 10.1. The van der Waals surface area contributed by atoms with Crippen molar-refractivity contribution in [3.05, 3.63) is 46.5 Å². The topological polar surface area (TPSA) is 74.6 Å². The summed E-state index contributed by atoms with van der Waals surface area (Å²) in [5.41, 5.74) is 0. The Hall–Kier alpha value is -2.28.